The van der Waals surface area contributed by atoms with Crippen LogP contribution in [0.3, 0.4) is 0 Å². The van der Waals surface area contributed by atoms with Crippen LogP contribution in [0.2, 0.25) is 0 Å². The van der Waals surface area contributed by atoms with Gasteiger partial charge < -0.3 is 10.1 Å². The van der Waals surface area contributed by atoms with Gasteiger partial charge in [-0.25, -0.2) is 0 Å². The van der Waals surface area contributed by atoms with Gasteiger partial charge in [-0.2, -0.15) is 0 Å². The summed E-state index contributed by atoms with van der Waals surface area (Å²) in [6.07, 6.45) is 1.43. The molecule has 2 nitrogen and oxygen atoms in total. The minimum absolute atomic E-state index is 0.363. The normalized spacial score (nSPS) is 27.5. The predicted molar refractivity (Wildman–Crippen MR) is 57.4 cm³/mol. The largest absolute Gasteiger partial charge is 0.376 e. The van der Waals surface area contributed by atoms with Gasteiger partial charge in [0.15, 0.2) is 0 Å². The van der Waals surface area contributed by atoms with Crippen molar-refractivity contribution < 1.29 is 4.74 Å². The molecular formula is C12H17NO. The molecule has 1 aliphatic rings. The molecule has 2 heteroatoms. The molecule has 0 unspecified atom stereocenters. The molecule has 2 rings (SSSR count). The Kier molecular flexibility index (Phi) is 3.17. The number of hydrogen-bond acceptors (Lipinski definition) is 2. The van der Waals surface area contributed by atoms with Crippen molar-refractivity contribution in [3.05, 3.63) is 35.9 Å². The number of ether oxygens (including phenoxy) is 1. The van der Waals surface area contributed by atoms with Gasteiger partial charge in [0.25, 0.3) is 0 Å². The van der Waals surface area contributed by atoms with Crippen LogP contribution < -0.4 is 5.32 Å². The fraction of sp³-hybridized carbons (Fsp3) is 0.500. The molecule has 14 heavy (non-hydrogen) atoms. The third-order valence-corrected chi connectivity index (χ3v) is 2.60. The van der Waals surface area contributed by atoms with Crippen LogP contribution >= 0.6 is 0 Å². The van der Waals surface area contributed by atoms with Gasteiger partial charge in [0.05, 0.1) is 12.7 Å². The number of benzene rings is 1. The summed E-state index contributed by atoms with van der Waals surface area (Å²) in [6.45, 7) is 3.90. The molecule has 1 saturated heterocycles. The average Bonchev–Trinajstić information content (AvgIpc) is 2.23. The molecule has 76 valence electrons. The topological polar surface area (TPSA) is 21.3 Å². The zero-order valence-corrected chi connectivity index (χ0v) is 8.57. The van der Waals surface area contributed by atoms with E-state index < -0.39 is 0 Å². The van der Waals surface area contributed by atoms with Crippen molar-refractivity contribution in [2.24, 2.45) is 0 Å². The highest BCUT2D eigenvalue weighted by Gasteiger charge is 2.17. The number of nitrogens with one attached hydrogen (secondary N) is 1. The summed E-state index contributed by atoms with van der Waals surface area (Å²) in [5.74, 6) is 0. The van der Waals surface area contributed by atoms with Crippen LogP contribution in [0.1, 0.15) is 12.5 Å². The van der Waals surface area contributed by atoms with Gasteiger partial charge in [-0.05, 0) is 18.9 Å². The maximum Gasteiger partial charge on any atom is 0.0672 e. The van der Waals surface area contributed by atoms with Crippen LogP contribution in [0, 0.1) is 0 Å². The first-order valence-electron chi connectivity index (χ1n) is 5.23. The third kappa shape index (κ3) is 2.56. The first kappa shape index (κ1) is 9.69. The summed E-state index contributed by atoms with van der Waals surface area (Å²) in [5.41, 5.74) is 1.38. The van der Waals surface area contributed by atoms with Crippen molar-refractivity contribution in [3.63, 3.8) is 0 Å². The fourth-order valence-corrected chi connectivity index (χ4v) is 1.76. The number of rotatable bonds is 2. The van der Waals surface area contributed by atoms with E-state index >= 15 is 0 Å². The van der Waals surface area contributed by atoms with E-state index in [1.54, 1.807) is 0 Å². The first-order valence-corrected chi connectivity index (χ1v) is 5.23. The lowest BCUT2D eigenvalue weighted by Gasteiger charge is -2.28. The van der Waals surface area contributed by atoms with Gasteiger partial charge >= 0.3 is 0 Å². The standard InChI is InChI=1S/C12H17NO/c1-10-8-13-12(9-14-10)7-11-5-3-2-4-6-11/h2-6,10,12-13H,7-9H2,1H3/t10-,12+/m1/s1. The van der Waals surface area contributed by atoms with Crippen LogP contribution in [0.25, 0.3) is 0 Å². The van der Waals surface area contributed by atoms with Crippen LogP contribution in [0.15, 0.2) is 30.3 Å². The van der Waals surface area contributed by atoms with Crippen molar-refractivity contribution in [1.82, 2.24) is 5.32 Å². The summed E-state index contributed by atoms with van der Waals surface area (Å²) in [4.78, 5) is 0. The second-order valence-electron chi connectivity index (χ2n) is 3.94. The Labute approximate surface area is 85.3 Å². The highest BCUT2D eigenvalue weighted by atomic mass is 16.5. The number of morpholine rings is 1. The van der Waals surface area contributed by atoms with E-state index in [0.717, 1.165) is 19.6 Å². The molecule has 1 fully saturated rings. The molecule has 0 aliphatic carbocycles. The SMILES string of the molecule is C[C@@H]1CN[C@@H](Cc2ccccc2)CO1. The molecule has 1 aromatic carbocycles. The maximum atomic E-state index is 5.60. The maximum absolute atomic E-state index is 5.60. The van der Waals surface area contributed by atoms with E-state index in [-0.39, 0.29) is 0 Å². The molecule has 0 saturated carbocycles. The van der Waals surface area contributed by atoms with Crippen molar-refractivity contribution in [1.29, 1.82) is 0 Å². The Morgan fingerprint density at radius 2 is 2.14 bits per heavy atom. The summed E-state index contributed by atoms with van der Waals surface area (Å²) < 4.78 is 5.60. The Hall–Kier alpha value is -0.860. The van der Waals surface area contributed by atoms with Crippen LogP contribution in [0.4, 0.5) is 0 Å². The summed E-state index contributed by atoms with van der Waals surface area (Å²) in [7, 11) is 0. The molecule has 0 bridgehead atoms. The Morgan fingerprint density at radius 3 is 2.79 bits per heavy atom. The van der Waals surface area contributed by atoms with E-state index in [2.05, 4.69) is 42.6 Å². The second kappa shape index (κ2) is 4.58. The zero-order valence-electron chi connectivity index (χ0n) is 8.57. The third-order valence-electron chi connectivity index (χ3n) is 2.60. The summed E-state index contributed by atoms with van der Waals surface area (Å²) in [6, 6.07) is 11.0. The van der Waals surface area contributed by atoms with Crippen LogP contribution in [-0.4, -0.2) is 25.3 Å². The Balaban J connectivity index is 1.87. The Morgan fingerprint density at radius 1 is 1.36 bits per heavy atom. The van der Waals surface area contributed by atoms with Gasteiger partial charge in [0.1, 0.15) is 0 Å². The molecule has 0 amide bonds. The van der Waals surface area contributed by atoms with Gasteiger partial charge in [-0.3, -0.25) is 0 Å². The molecule has 0 aromatic heterocycles. The van der Waals surface area contributed by atoms with E-state index in [1.807, 2.05) is 0 Å². The van der Waals surface area contributed by atoms with Crippen molar-refractivity contribution in [2.75, 3.05) is 13.2 Å². The van der Waals surface area contributed by atoms with Gasteiger partial charge in [-0.15, -0.1) is 0 Å². The lowest BCUT2D eigenvalue weighted by Crippen LogP contribution is -2.46. The van der Waals surface area contributed by atoms with E-state index in [0.29, 0.717) is 12.1 Å². The van der Waals surface area contributed by atoms with E-state index in [1.165, 1.54) is 5.56 Å². The lowest BCUT2D eigenvalue weighted by atomic mass is 10.1. The molecule has 2 atom stereocenters. The molecule has 1 aliphatic heterocycles. The minimum atomic E-state index is 0.363. The Bertz CT molecular complexity index is 265. The molecule has 0 radical (unpaired) electrons. The van der Waals surface area contributed by atoms with Crippen molar-refractivity contribution in [2.45, 2.75) is 25.5 Å². The summed E-state index contributed by atoms with van der Waals surface area (Å²) >= 11 is 0. The summed E-state index contributed by atoms with van der Waals surface area (Å²) in [5, 5.41) is 3.49. The predicted octanol–water partition coefficient (Wildman–Crippen LogP) is 1.61. The average molecular weight is 191 g/mol. The molecule has 0 spiro atoms. The lowest BCUT2D eigenvalue weighted by molar-refractivity contribution is 0.0155. The first-order chi connectivity index (χ1) is 6.84. The van der Waals surface area contributed by atoms with Gasteiger partial charge in [0.2, 0.25) is 0 Å². The highest BCUT2D eigenvalue weighted by molar-refractivity contribution is 5.16. The smallest absolute Gasteiger partial charge is 0.0672 e. The van der Waals surface area contributed by atoms with Crippen molar-refractivity contribution >= 4 is 0 Å². The molecule has 1 aromatic rings. The molecule has 1 N–H and O–H groups in total. The van der Waals surface area contributed by atoms with Gasteiger partial charge in [0, 0.05) is 12.6 Å². The minimum Gasteiger partial charge on any atom is -0.376 e. The molecule has 1 heterocycles. The number of hydrogen-bond donors (Lipinski definition) is 1. The quantitative estimate of drug-likeness (QED) is 0.766. The second-order valence-corrected chi connectivity index (χ2v) is 3.94. The van der Waals surface area contributed by atoms with E-state index in [4.69, 9.17) is 4.74 Å². The van der Waals surface area contributed by atoms with Crippen molar-refractivity contribution in [3.8, 4) is 0 Å². The van der Waals surface area contributed by atoms with Crippen LogP contribution in [0.5, 0.6) is 0 Å². The zero-order chi connectivity index (χ0) is 9.80. The molecular weight excluding hydrogens is 174 g/mol. The van der Waals surface area contributed by atoms with E-state index in [9.17, 15) is 0 Å². The van der Waals surface area contributed by atoms with Crippen LogP contribution in [-0.2, 0) is 11.2 Å². The highest BCUT2D eigenvalue weighted by Crippen LogP contribution is 2.07. The fourth-order valence-electron chi connectivity index (χ4n) is 1.76. The monoisotopic (exact) mass is 191 g/mol. The van der Waals surface area contributed by atoms with Gasteiger partial charge in [-0.1, -0.05) is 30.3 Å².